The number of halogens is 1. The predicted molar refractivity (Wildman–Crippen MR) is 113 cm³/mol. The van der Waals surface area contributed by atoms with Crippen molar-refractivity contribution < 1.29 is 14.3 Å². The lowest BCUT2D eigenvalue weighted by Crippen LogP contribution is -2.25. The van der Waals surface area contributed by atoms with Crippen molar-refractivity contribution in [2.75, 3.05) is 20.3 Å². The van der Waals surface area contributed by atoms with Crippen LogP contribution in [-0.4, -0.2) is 26.2 Å². The minimum atomic E-state index is -0.392. The second-order valence-corrected chi connectivity index (χ2v) is 6.83. The third-order valence-corrected chi connectivity index (χ3v) is 4.71. The highest BCUT2D eigenvalue weighted by atomic mass is 79.9. The van der Waals surface area contributed by atoms with Gasteiger partial charge in [-0.25, -0.2) is 0 Å². The Bertz CT molecular complexity index is 873. The SMILES string of the molecule is CCOc1cc(/C=C(/C#N)C(=O)NCCCc2ccccc2)c(Br)cc1OC. The molecule has 2 rings (SSSR count). The Morgan fingerprint density at radius 1 is 1.25 bits per heavy atom. The van der Waals surface area contributed by atoms with Crippen LogP contribution in [0.1, 0.15) is 24.5 Å². The van der Waals surface area contributed by atoms with E-state index in [1.807, 2.05) is 31.2 Å². The quantitative estimate of drug-likeness (QED) is 0.352. The predicted octanol–water partition coefficient (Wildman–Crippen LogP) is 4.51. The van der Waals surface area contributed by atoms with Gasteiger partial charge < -0.3 is 14.8 Å². The first-order valence-electron chi connectivity index (χ1n) is 9.03. The number of rotatable bonds is 9. The van der Waals surface area contributed by atoms with E-state index in [0.29, 0.717) is 34.7 Å². The highest BCUT2D eigenvalue weighted by molar-refractivity contribution is 9.10. The van der Waals surface area contributed by atoms with Crippen molar-refractivity contribution >= 4 is 27.9 Å². The first kappa shape index (κ1) is 21.5. The van der Waals surface area contributed by atoms with Crippen molar-refractivity contribution in [3.8, 4) is 17.6 Å². The molecule has 0 bridgehead atoms. The minimum Gasteiger partial charge on any atom is -0.493 e. The van der Waals surface area contributed by atoms with Gasteiger partial charge in [0.25, 0.3) is 5.91 Å². The van der Waals surface area contributed by atoms with E-state index in [9.17, 15) is 10.1 Å². The molecule has 0 aliphatic carbocycles. The monoisotopic (exact) mass is 442 g/mol. The van der Waals surface area contributed by atoms with Crippen LogP contribution in [0.5, 0.6) is 11.5 Å². The standard InChI is InChI=1S/C22H23BrN2O3/c1-3-28-21-13-17(19(23)14-20(21)27-2)12-18(15-24)22(26)25-11-7-10-16-8-5-4-6-9-16/h4-6,8-9,12-14H,3,7,10-11H2,1-2H3,(H,25,26)/b18-12-. The number of amides is 1. The second kappa shape index (κ2) is 11.2. The van der Waals surface area contributed by atoms with Gasteiger partial charge in [0.05, 0.1) is 13.7 Å². The topological polar surface area (TPSA) is 71.3 Å². The van der Waals surface area contributed by atoms with Crippen molar-refractivity contribution in [3.05, 3.63) is 63.6 Å². The Balaban J connectivity index is 2.05. The molecule has 0 aromatic heterocycles. The zero-order chi connectivity index (χ0) is 20.4. The molecular formula is C22H23BrN2O3. The maximum absolute atomic E-state index is 12.4. The Morgan fingerprint density at radius 2 is 2.00 bits per heavy atom. The summed E-state index contributed by atoms with van der Waals surface area (Å²) in [6.45, 7) is 2.86. The van der Waals surface area contributed by atoms with Crippen molar-refractivity contribution in [1.29, 1.82) is 5.26 Å². The average Bonchev–Trinajstić information content (AvgIpc) is 2.71. The lowest BCUT2D eigenvalue weighted by molar-refractivity contribution is -0.117. The van der Waals surface area contributed by atoms with Crippen LogP contribution in [0, 0.1) is 11.3 Å². The molecule has 0 heterocycles. The number of carbonyl (C=O) groups excluding carboxylic acids is 1. The Labute approximate surface area is 174 Å². The lowest BCUT2D eigenvalue weighted by Gasteiger charge is -2.12. The van der Waals surface area contributed by atoms with Gasteiger partial charge in [0.1, 0.15) is 11.6 Å². The van der Waals surface area contributed by atoms with Crippen molar-refractivity contribution in [1.82, 2.24) is 5.32 Å². The third kappa shape index (κ3) is 6.14. The summed E-state index contributed by atoms with van der Waals surface area (Å²) in [5, 5.41) is 12.2. The Kier molecular flexibility index (Phi) is 8.57. The first-order valence-corrected chi connectivity index (χ1v) is 9.82. The van der Waals surface area contributed by atoms with E-state index in [1.165, 1.54) is 5.56 Å². The zero-order valence-corrected chi connectivity index (χ0v) is 17.6. The molecule has 2 aromatic rings. The fourth-order valence-electron chi connectivity index (χ4n) is 2.63. The number of nitriles is 1. The minimum absolute atomic E-state index is 0.0352. The largest absolute Gasteiger partial charge is 0.493 e. The summed E-state index contributed by atoms with van der Waals surface area (Å²) in [6, 6.07) is 15.5. The number of hydrogen-bond acceptors (Lipinski definition) is 4. The molecular weight excluding hydrogens is 420 g/mol. The third-order valence-electron chi connectivity index (χ3n) is 4.02. The average molecular weight is 443 g/mol. The summed E-state index contributed by atoms with van der Waals surface area (Å²) in [6.07, 6.45) is 3.21. The molecule has 5 nitrogen and oxygen atoms in total. The molecule has 1 N–H and O–H groups in total. The van der Waals surface area contributed by atoms with Gasteiger partial charge in [-0.15, -0.1) is 0 Å². The van der Waals surface area contributed by atoms with Gasteiger partial charge in [0, 0.05) is 11.0 Å². The van der Waals surface area contributed by atoms with E-state index in [-0.39, 0.29) is 5.57 Å². The number of nitrogens with zero attached hydrogens (tertiary/aromatic N) is 1. The molecule has 146 valence electrons. The summed E-state index contributed by atoms with van der Waals surface area (Å²) < 4.78 is 11.6. The molecule has 0 atom stereocenters. The van der Waals surface area contributed by atoms with E-state index in [1.54, 1.807) is 25.3 Å². The van der Waals surface area contributed by atoms with Gasteiger partial charge in [-0.3, -0.25) is 4.79 Å². The number of ether oxygens (including phenoxy) is 2. The maximum Gasteiger partial charge on any atom is 0.261 e. The lowest BCUT2D eigenvalue weighted by atomic mass is 10.1. The van der Waals surface area contributed by atoms with E-state index in [2.05, 4.69) is 33.4 Å². The first-order chi connectivity index (χ1) is 13.6. The van der Waals surface area contributed by atoms with Gasteiger partial charge in [-0.2, -0.15) is 5.26 Å². The smallest absolute Gasteiger partial charge is 0.261 e. The van der Waals surface area contributed by atoms with Gasteiger partial charge in [-0.05, 0) is 49.1 Å². The normalized spacial score (nSPS) is 10.9. The highest BCUT2D eigenvalue weighted by Crippen LogP contribution is 2.34. The van der Waals surface area contributed by atoms with Crippen molar-refractivity contribution in [2.24, 2.45) is 0 Å². The van der Waals surface area contributed by atoms with Crippen LogP contribution in [-0.2, 0) is 11.2 Å². The summed E-state index contributed by atoms with van der Waals surface area (Å²) in [7, 11) is 1.56. The fourth-order valence-corrected chi connectivity index (χ4v) is 3.06. The summed E-state index contributed by atoms with van der Waals surface area (Å²) >= 11 is 3.45. The molecule has 0 aliphatic rings. The Morgan fingerprint density at radius 3 is 2.64 bits per heavy atom. The van der Waals surface area contributed by atoms with Gasteiger partial charge in [0.2, 0.25) is 0 Å². The van der Waals surface area contributed by atoms with E-state index in [4.69, 9.17) is 9.47 Å². The van der Waals surface area contributed by atoms with Gasteiger partial charge >= 0.3 is 0 Å². The number of carbonyl (C=O) groups is 1. The van der Waals surface area contributed by atoms with Crippen LogP contribution >= 0.6 is 15.9 Å². The summed E-state index contributed by atoms with van der Waals surface area (Å²) in [5.41, 5.74) is 1.92. The van der Waals surface area contributed by atoms with Crippen molar-refractivity contribution in [3.63, 3.8) is 0 Å². The molecule has 2 aromatic carbocycles. The molecule has 28 heavy (non-hydrogen) atoms. The summed E-state index contributed by atoms with van der Waals surface area (Å²) in [5.74, 6) is 0.742. The molecule has 6 heteroatoms. The van der Waals surface area contributed by atoms with Crippen LogP contribution in [0.25, 0.3) is 6.08 Å². The van der Waals surface area contributed by atoms with Crippen LogP contribution in [0.15, 0.2) is 52.5 Å². The number of benzene rings is 2. The van der Waals surface area contributed by atoms with E-state index < -0.39 is 5.91 Å². The fraction of sp³-hybridized carbons (Fsp3) is 0.273. The molecule has 0 saturated carbocycles. The van der Waals surface area contributed by atoms with E-state index in [0.717, 1.165) is 12.8 Å². The maximum atomic E-state index is 12.4. The number of hydrogen-bond donors (Lipinski definition) is 1. The number of aryl methyl sites for hydroxylation is 1. The number of nitrogens with one attached hydrogen (secondary N) is 1. The molecule has 0 unspecified atom stereocenters. The molecule has 0 saturated heterocycles. The van der Waals surface area contributed by atoms with Crippen LogP contribution in [0.3, 0.4) is 0 Å². The molecule has 1 amide bonds. The molecule has 0 aliphatic heterocycles. The second-order valence-electron chi connectivity index (χ2n) is 5.97. The van der Waals surface area contributed by atoms with Crippen molar-refractivity contribution in [2.45, 2.75) is 19.8 Å². The highest BCUT2D eigenvalue weighted by Gasteiger charge is 2.13. The number of methoxy groups -OCH3 is 1. The van der Waals surface area contributed by atoms with Gasteiger partial charge in [-0.1, -0.05) is 46.3 Å². The summed E-state index contributed by atoms with van der Waals surface area (Å²) in [4.78, 5) is 12.4. The van der Waals surface area contributed by atoms with E-state index >= 15 is 0 Å². The van der Waals surface area contributed by atoms with Crippen LogP contribution in [0.2, 0.25) is 0 Å². The van der Waals surface area contributed by atoms with Gasteiger partial charge in [0.15, 0.2) is 11.5 Å². The molecule has 0 fully saturated rings. The zero-order valence-electron chi connectivity index (χ0n) is 16.0. The Hall–Kier alpha value is -2.78. The van der Waals surface area contributed by atoms with Crippen LogP contribution in [0.4, 0.5) is 0 Å². The molecule has 0 radical (unpaired) electrons. The molecule has 0 spiro atoms. The van der Waals surface area contributed by atoms with Crippen LogP contribution < -0.4 is 14.8 Å².